The van der Waals surface area contributed by atoms with Crippen molar-refractivity contribution in [3.8, 4) is 5.88 Å². The molecule has 0 unspecified atom stereocenters. The zero-order valence-electron chi connectivity index (χ0n) is 23.0. The van der Waals surface area contributed by atoms with E-state index in [9.17, 15) is 14.4 Å². The molecule has 0 aliphatic carbocycles. The van der Waals surface area contributed by atoms with Gasteiger partial charge in [-0.3, -0.25) is 14.4 Å². The van der Waals surface area contributed by atoms with E-state index in [1.807, 2.05) is 6.92 Å². The summed E-state index contributed by atoms with van der Waals surface area (Å²) in [5.41, 5.74) is 7.20. The predicted octanol–water partition coefficient (Wildman–Crippen LogP) is 1.94. The molecular weight excluding hydrogens is 542 g/mol. The molecule has 2 aromatic rings. The molecule has 12 nitrogen and oxygen atoms in total. The maximum atomic E-state index is 13.0. The Labute approximate surface area is 238 Å². The Morgan fingerprint density at radius 2 is 1.90 bits per heavy atom. The fraction of sp³-hybridized carbons (Fsp3) is 0.481. The molecule has 6 N–H and O–H groups in total. The van der Waals surface area contributed by atoms with Crippen LogP contribution in [-0.4, -0.2) is 80.5 Å². The Balaban J connectivity index is 1.86. The van der Waals surface area contributed by atoms with Gasteiger partial charge < -0.3 is 41.0 Å². The second-order valence-corrected chi connectivity index (χ2v) is 9.27. The van der Waals surface area contributed by atoms with Gasteiger partial charge in [-0.2, -0.15) is 4.98 Å². The quantitative estimate of drug-likeness (QED) is 0.138. The van der Waals surface area contributed by atoms with E-state index in [2.05, 4.69) is 20.9 Å². The lowest BCUT2D eigenvalue weighted by Gasteiger charge is -2.26. The van der Waals surface area contributed by atoms with Crippen LogP contribution in [0, 0.1) is 0 Å². The van der Waals surface area contributed by atoms with Crippen LogP contribution in [0.5, 0.6) is 5.88 Å². The summed E-state index contributed by atoms with van der Waals surface area (Å²) in [6.45, 7) is 2.57. The lowest BCUT2D eigenvalue weighted by Crippen LogP contribution is -2.46. The molecule has 0 aliphatic rings. The van der Waals surface area contributed by atoms with Crippen molar-refractivity contribution in [2.45, 2.75) is 44.8 Å². The normalized spacial score (nSPS) is 12.3. The monoisotopic (exact) mass is 579 g/mol. The summed E-state index contributed by atoms with van der Waals surface area (Å²) in [4.78, 5) is 41.2. The first kappa shape index (κ1) is 32.8. The minimum atomic E-state index is -0.439. The van der Waals surface area contributed by atoms with Gasteiger partial charge in [0.15, 0.2) is 0 Å². The van der Waals surface area contributed by atoms with E-state index in [0.717, 1.165) is 5.56 Å². The van der Waals surface area contributed by atoms with Crippen LogP contribution in [0.1, 0.15) is 42.1 Å². The summed E-state index contributed by atoms with van der Waals surface area (Å²) in [6, 6.07) is 7.91. The minimum Gasteiger partial charge on any atom is -0.480 e. The number of nitrogens with one attached hydrogen (secondary N) is 3. The van der Waals surface area contributed by atoms with Crippen molar-refractivity contribution in [1.29, 1.82) is 0 Å². The maximum absolute atomic E-state index is 13.0. The van der Waals surface area contributed by atoms with Crippen LogP contribution in [-0.2, 0) is 25.5 Å². The first-order valence-electron chi connectivity index (χ1n) is 12.9. The summed E-state index contributed by atoms with van der Waals surface area (Å²) < 4.78 is 15.8. The van der Waals surface area contributed by atoms with Gasteiger partial charge in [0.2, 0.25) is 11.8 Å². The molecule has 1 aromatic heterocycles. The standard InChI is InChI=1S/C27H38ClN5O7/c1-4-22(38-2)21(32-26(37)19-15-20(28)25(29)33-27(19)39-3)10-11-30-16-23(35)31-18-8-6-17(7-9-18)14-24(36)40-13-5-12-34/h6-9,15,21-22,30,34H,4-5,10-14,16H2,1-3H3,(H2,29,33)(H,31,35)(H,32,37)/t21-,22+/m1/s1. The van der Waals surface area contributed by atoms with E-state index < -0.39 is 5.91 Å². The number of carbonyl (C=O) groups excluding carboxylic acids is 3. The van der Waals surface area contributed by atoms with Crippen molar-refractivity contribution in [2.24, 2.45) is 0 Å². The maximum Gasteiger partial charge on any atom is 0.310 e. The number of benzene rings is 1. The molecule has 0 saturated heterocycles. The molecule has 13 heteroatoms. The number of aromatic nitrogens is 1. The number of rotatable bonds is 17. The number of nitrogens with two attached hydrogens (primary N) is 1. The summed E-state index contributed by atoms with van der Waals surface area (Å²) >= 11 is 6.06. The molecule has 1 heterocycles. The lowest BCUT2D eigenvalue weighted by atomic mass is 10.0. The Morgan fingerprint density at radius 3 is 2.52 bits per heavy atom. The van der Waals surface area contributed by atoms with Crippen molar-refractivity contribution in [3.63, 3.8) is 0 Å². The molecule has 0 radical (unpaired) electrons. The highest BCUT2D eigenvalue weighted by atomic mass is 35.5. The lowest BCUT2D eigenvalue weighted by molar-refractivity contribution is -0.143. The van der Waals surface area contributed by atoms with Crippen LogP contribution in [0.25, 0.3) is 0 Å². The Kier molecular flexibility index (Phi) is 14.2. The molecule has 0 spiro atoms. The van der Waals surface area contributed by atoms with E-state index >= 15 is 0 Å². The molecule has 0 bridgehead atoms. The van der Waals surface area contributed by atoms with Crippen molar-refractivity contribution in [2.75, 3.05) is 51.6 Å². The fourth-order valence-corrected chi connectivity index (χ4v) is 4.01. The molecular formula is C27H38ClN5O7. The minimum absolute atomic E-state index is 0.0338. The van der Waals surface area contributed by atoms with Crippen LogP contribution in [0.4, 0.5) is 11.5 Å². The fourth-order valence-electron chi connectivity index (χ4n) is 3.86. The van der Waals surface area contributed by atoms with E-state index in [0.29, 0.717) is 31.5 Å². The average molecular weight is 580 g/mol. The zero-order chi connectivity index (χ0) is 29.5. The van der Waals surface area contributed by atoms with Crippen LogP contribution in [0.15, 0.2) is 30.3 Å². The Hall–Kier alpha value is -3.45. The number of ether oxygens (including phenoxy) is 3. The number of aliphatic hydroxyl groups excluding tert-OH is 1. The van der Waals surface area contributed by atoms with E-state index in [1.165, 1.54) is 13.2 Å². The molecule has 220 valence electrons. The molecule has 2 amide bonds. The molecule has 0 aliphatic heterocycles. The first-order valence-corrected chi connectivity index (χ1v) is 13.3. The molecule has 0 saturated carbocycles. The van der Waals surface area contributed by atoms with Crippen LogP contribution in [0.3, 0.4) is 0 Å². The number of anilines is 2. The van der Waals surface area contributed by atoms with Gasteiger partial charge in [0, 0.05) is 25.8 Å². The van der Waals surface area contributed by atoms with E-state index in [4.69, 9.17) is 36.7 Å². The number of nitrogen functional groups attached to an aromatic ring is 1. The van der Waals surface area contributed by atoms with Crippen molar-refractivity contribution in [3.05, 3.63) is 46.5 Å². The zero-order valence-corrected chi connectivity index (χ0v) is 23.8. The highest BCUT2D eigenvalue weighted by Gasteiger charge is 2.25. The number of methoxy groups -OCH3 is 2. The highest BCUT2D eigenvalue weighted by molar-refractivity contribution is 6.33. The van der Waals surface area contributed by atoms with Gasteiger partial charge in [-0.1, -0.05) is 30.7 Å². The van der Waals surface area contributed by atoms with Gasteiger partial charge in [0.05, 0.1) is 43.9 Å². The second kappa shape index (κ2) is 17.3. The van der Waals surface area contributed by atoms with Crippen molar-refractivity contribution in [1.82, 2.24) is 15.6 Å². The highest BCUT2D eigenvalue weighted by Crippen LogP contribution is 2.25. The van der Waals surface area contributed by atoms with Crippen molar-refractivity contribution < 1.29 is 33.7 Å². The summed E-state index contributed by atoms with van der Waals surface area (Å²) in [5.74, 6) is -0.946. The smallest absolute Gasteiger partial charge is 0.310 e. The van der Waals surface area contributed by atoms with Gasteiger partial charge >= 0.3 is 5.97 Å². The van der Waals surface area contributed by atoms with Crippen molar-refractivity contribution >= 4 is 40.9 Å². The molecule has 0 fully saturated rings. The third-order valence-electron chi connectivity index (χ3n) is 5.95. The van der Waals surface area contributed by atoms with E-state index in [-0.39, 0.29) is 72.5 Å². The molecule has 2 atom stereocenters. The topological polar surface area (TPSA) is 174 Å². The first-order chi connectivity index (χ1) is 19.2. The number of nitrogens with zero attached hydrogens (tertiary/aromatic N) is 1. The Bertz CT molecular complexity index is 1110. The molecule has 40 heavy (non-hydrogen) atoms. The summed E-state index contributed by atoms with van der Waals surface area (Å²) in [6.07, 6.45) is 1.36. The van der Waals surface area contributed by atoms with Gasteiger partial charge in [0.1, 0.15) is 11.4 Å². The SMILES string of the molecule is CC[C@H](OC)[C@@H](CCNCC(=O)Nc1ccc(CC(=O)OCCCO)cc1)NC(=O)c1cc(Cl)c(N)nc1OC. The van der Waals surface area contributed by atoms with Crippen LogP contribution < -0.4 is 26.4 Å². The Morgan fingerprint density at radius 1 is 1.18 bits per heavy atom. The number of aliphatic hydroxyl groups is 1. The number of halogens is 1. The number of hydrogen-bond donors (Lipinski definition) is 5. The third-order valence-corrected chi connectivity index (χ3v) is 6.25. The molecule has 2 rings (SSSR count). The number of pyridine rings is 1. The van der Waals surface area contributed by atoms with Gasteiger partial charge in [-0.15, -0.1) is 0 Å². The van der Waals surface area contributed by atoms with Crippen LogP contribution in [0.2, 0.25) is 5.02 Å². The van der Waals surface area contributed by atoms with Gasteiger partial charge in [-0.05, 0) is 43.1 Å². The van der Waals surface area contributed by atoms with Gasteiger partial charge in [0.25, 0.3) is 5.91 Å². The number of hydrogen-bond acceptors (Lipinski definition) is 10. The largest absolute Gasteiger partial charge is 0.480 e. The average Bonchev–Trinajstić information content (AvgIpc) is 2.93. The number of carbonyl (C=O) groups is 3. The van der Waals surface area contributed by atoms with E-state index in [1.54, 1.807) is 31.4 Å². The summed E-state index contributed by atoms with van der Waals surface area (Å²) in [5, 5.41) is 17.7. The summed E-state index contributed by atoms with van der Waals surface area (Å²) in [7, 11) is 2.96. The number of amides is 2. The third kappa shape index (κ3) is 10.6. The second-order valence-electron chi connectivity index (χ2n) is 8.86. The molecule has 1 aromatic carbocycles. The predicted molar refractivity (Wildman–Crippen MR) is 151 cm³/mol. The number of esters is 1. The van der Waals surface area contributed by atoms with Gasteiger partial charge in [-0.25, -0.2) is 0 Å². The van der Waals surface area contributed by atoms with Crippen LogP contribution >= 0.6 is 11.6 Å².